The van der Waals surface area contributed by atoms with Crippen LogP contribution in [-0.2, 0) is 14.6 Å². The number of hydrogen-bond donors (Lipinski definition) is 4. The summed E-state index contributed by atoms with van der Waals surface area (Å²) in [7, 11) is -4.24. The number of unbranched alkanes of at least 4 members (excludes halogenated alkanes) is 13. The van der Waals surface area contributed by atoms with Crippen molar-refractivity contribution in [3.63, 3.8) is 0 Å². The molecule has 0 aromatic carbocycles. The fraction of sp³-hybridized carbons (Fsp3) is 1.00. The highest BCUT2D eigenvalue weighted by Gasteiger charge is 2.02. The van der Waals surface area contributed by atoms with Gasteiger partial charge in [0.2, 0.25) is 0 Å². The second-order valence-electron chi connectivity index (χ2n) is 7.04. The van der Waals surface area contributed by atoms with Crippen molar-refractivity contribution in [2.45, 2.75) is 96.8 Å². The summed E-state index contributed by atoms with van der Waals surface area (Å²) in [5.41, 5.74) is 0. The third-order valence-electron chi connectivity index (χ3n) is 4.31. The van der Waals surface area contributed by atoms with Crippen LogP contribution in [0.15, 0.2) is 0 Å². The molecule has 0 amide bonds. The quantitative estimate of drug-likeness (QED) is 0.172. The van der Waals surface area contributed by atoms with Gasteiger partial charge in [-0.25, -0.2) is 4.18 Å². The van der Waals surface area contributed by atoms with Gasteiger partial charge in [-0.2, -0.15) is 8.42 Å². The molecule has 0 rings (SSSR count). The SMILES string of the molecule is CCCCCCCCCCCCCCCCOS(=O)(=O)O.OCCNCCO. The third kappa shape index (κ3) is 33.3. The first kappa shape index (κ1) is 29.9. The Morgan fingerprint density at radius 1 is 0.679 bits per heavy atom. The van der Waals surface area contributed by atoms with Gasteiger partial charge in [0.25, 0.3) is 0 Å². The van der Waals surface area contributed by atoms with Gasteiger partial charge in [0.05, 0.1) is 19.8 Å². The fourth-order valence-electron chi connectivity index (χ4n) is 2.74. The van der Waals surface area contributed by atoms with Gasteiger partial charge in [0, 0.05) is 13.1 Å². The molecule has 0 aliphatic carbocycles. The van der Waals surface area contributed by atoms with Crippen LogP contribution >= 0.6 is 0 Å². The molecule has 0 aromatic rings. The Balaban J connectivity index is 0. The van der Waals surface area contributed by atoms with E-state index in [2.05, 4.69) is 16.4 Å². The maximum atomic E-state index is 10.3. The monoisotopic (exact) mass is 427 g/mol. The Bertz CT molecular complexity index is 375. The van der Waals surface area contributed by atoms with Crippen molar-refractivity contribution in [1.82, 2.24) is 5.32 Å². The van der Waals surface area contributed by atoms with E-state index in [0.717, 1.165) is 12.8 Å². The molecule has 0 heterocycles. The molecular formula is C20H45NO6S. The van der Waals surface area contributed by atoms with Crippen LogP contribution < -0.4 is 5.32 Å². The van der Waals surface area contributed by atoms with Crippen LogP contribution in [0.25, 0.3) is 0 Å². The predicted octanol–water partition coefficient (Wildman–Crippen LogP) is 3.85. The zero-order valence-electron chi connectivity index (χ0n) is 17.9. The van der Waals surface area contributed by atoms with Crippen molar-refractivity contribution in [3.8, 4) is 0 Å². The lowest BCUT2D eigenvalue weighted by atomic mass is 10.0. The number of aliphatic hydroxyl groups excluding tert-OH is 2. The van der Waals surface area contributed by atoms with E-state index in [1.165, 1.54) is 70.6 Å². The van der Waals surface area contributed by atoms with E-state index < -0.39 is 10.4 Å². The van der Waals surface area contributed by atoms with E-state index in [-0.39, 0.29) is 19.8 Å². The summed E-state index contributed by atoms with van der Waals surface area (Å²) >= 11 is 0. The minimum absolute atomic E-state index is 0.0941. The van der Waals surface area contributed by atoms with Crippen LogP contribution in [0.3, 0.4) is 0 Å². The van der Waals surface area contributed by atoms with E-state index in [1.807, 2.05) is 0 Å². The third-order valence-corrected chi connectivity index (χ3v) is 4.77. The standard InChI is InChI=1S/C16H34O4S.C4H11NO2/c1-2-3-4-5-6-7-8-9-10-11-12-13-14-15-16-20-21(17,18)19;6-3-1-5-2-4-7/h2-16H2,1H3,(H,17,18,19);5-7H,1-4H2. The summed E-state index contributed by atoms with van der Waals surface area (Å²) in [6.07, 6.45) is 17.6. The number of aliphatic hydroxyl groups is 2. The van der Waals surface area contributed by atoms with Gasteiger partial charge in [-0.15, -0.1) is 0 Å². The Labute approximate surface area is 173 Å². The first-order valence-corrected chi connectivity index (χ1v) is 12.4. The van der Waals surface area contributed by atoms with Crippen LogP contribution in [0.1, 0.15) is 96.8 Å². The summed E-state index contributed by atoms with van der Waals surface area (Å²) in [5.74, 6) is 0. The maximum absolute atomic E-state index is 10.3. The molecular weight excluding hydrogens is 382 g/mol. The molecule has 0 aliphatic heterocycles. The molecule has 0 aromatic heterocycles. The molecule has 0 fully saturated rings. The molecule has 0 unspecified atom stereocenters. The second-order valence-corrected chi connectivity index (χ2v) is 8.13. The van der Waals surface area contributed by atoms with Gasteiger partial charge in [-0.05, 0) is 6.42 Å². The molecule has 0 radical (unpaired) electrons. The zero-order valence-corrected chi connectivity index (χ0v) is 18.7. The molecule has 28 heavy (non-hydrogen) atoms. The van der Waals surface area contributed by atoms with E-state index >= 15 is 0 Å². The van der Waals surface area contributed by atoms with Crippen molar-refractivity contribution in [1.29, 1.82) is 0 Å². The van der Waals surface area contributed by atoms with Crippen molar-refractivity contribution < 1.29 is 27.4 Å². The van der Waals surface area contributed by atoms with E-state index in [1.54, 1.807) is 0 Å². The van der Waals surface area contributed by atoms with E-state index in [4.69, 9.17) is 14.8 Å². The van der Waals surface area contributed by atoms with Crippen LogP contribution in [0, 0.1) is 0 Å². The molecule has 0 aliphatic rings. The van der Waals surface area contributed by atoms with Crippen molar-refractivity contribution >= 4 is 10.4 Å². The molecule has 7 nitrogen and oxygen atoms in total. The van der Waals surface area contributed by atoms with Gasteiger partial charge < -0.3 is 15.5 Å². The lowest BCUT2D eigenvalue weighted by molar-refractivity contribution is 0.261. The van der Waals surface area contributed by atoms with Crippen molar-refractivity contribution in [2.24, 2.45) is 0 Å². The van der Waals surface area contributed by atoms with Crippen molar-refractivity contribution in [3.05, 3.63) is 0 Å². The van der Waals surface area contributed by atoms with Crippen LogP contribution in [0.2, 0.25) is 0 Å². The number of nitrogens with one attached hydrogen (secondary N) is 1. The van der Waals surface area contributed by atoms with Gasteiger partial charge >= 0.3 is 10.4 Å². The Kier molecular flexibility index (Phi) is 26.5. The number of hydrogen-bond acceptors (Lipinski definition) is 6. The molecule has 0 saturated carbocycles. The van der Waals surface area contributed by atoms with Crippen molar-refractivity contribution in [2.75, 3.05) is 32.9 Å². The van der Waals surface area contributed by atoms with Crippen LogP contribution in [0.5, 0.6) is 0 Å². The zero-order chi connectivity index (χ0) is 21.3. The molecule has 0 spiro atoms. The minimum atomic E-state index is -4.24. The second kappa shape index (κ2) is 24.8. The summed E-state index contributed by atoms with van der Waals surface area (Å²) in [5, 5.41) is 19.1. The molecule has 0 atom stereocenters. The molecule has 0 saturated heterocycles. The first-order chi connectivity index (χ1) is 13.5. The van der Waals surface area contributed by atoms with Gasteiger partial charge in [0.1, 0.15) is 0 Å². The van der Waals surface area contributed by atoms with Gasteiger partial charge in [0.15, 0.2) is 0 Å². The normalized spacial score (nSPS) is 11.3. The number of rotatable bonds is 20. The summed E-state index contributed by atoms with van der Waals surface area (Å²) in [6, 6.07) is 0. The highest BCUT2D eigenvalue weighted by molar-refractivity contribution is 7.80. The minimum Gasteiger partial charge on any atom is -0.395 e. The van der Waals surface area contributed by atoms with E-state index in [0.29, 0.717) is 19.5 Å². The highest BCUT2D eigenvalue weighted by Crippen LogP contribution is 2.12. The summed E-state index contributed by atoms with van der Waals surface area (Å²) < 4.78 is 33.2. The van der Waals surface area contributed by atoms with E-state index in [9.17, 15) is 8.42 Å². The maximum Gasteiger partial charge on any atom is 0.397 e. The summed E-state index contributed by atoms with van der Waals surface area (Å²) in [6.45, 7) is 3.76. The van der Waals surface area contributed by atoms with Crippen LogP contribution in [0.4, 0.5) is 0 Å². The average Bonchev–Trinajstić information content (AvgIpc) is 2.65. The Hall–Kier alpha value is -0.250. The van der Waals surface area contributed by atoms with Gasteiger partial charge in [-0.1, -0.05) is 90.4 Å². The molecule has 8 heteroatoms. The average molecular weight is 428 g/mol. The fourth-order valence-corrected chi connectivity index (χ4v) is 3.07. The lowest BCUT2D eigenvalue weighted by Gasteiger charge is -2.03. The molecule has 4 N–H and O–H groups in total. The Morgan fingerprint density at radius 2 is 1.04 bits per heavy atom. The Morgan fingerprint density at radius 3 is 1.36 bits per heavy atom. The topological polar surface area (TPSA) is 116 Å². The highest BCUT2D eigenvalue weighted by atomic mass is 32.3. The largest absolute Gasteiger partial charge is 0.397 e. The lowest BCUT2D eigenvalue weighted by Crippen LogP contribution is -2.21. The van der Waals surface area contributed by atoms with Crippen LogP contribution in [-0.4, -0.2) is 56.1 Å². The summed E-state index contributed by atoms with van der Waals surface area (Å²) in [4.78, 5) is 0. The van der Waals surface area contributed by atoms with Gasteiger partial charge in [-0.3, -0.25) is 4.55 Å². The first-order valence-electron chi connectivity index (χ1n) is 11.0. The molecule has 0 bridgehead atoms. The predicted molar refractivity (Wildman–Crippen MR) is 115 cm³/mol. The smallest absolute Gasteiger partial charge is 0.395 e. The molecule has 172 valence electrons.